The molecule has 0 bridgehead atoms. The lowest BCUT2D eigenvalue weighted by atomic mass is 10.1. The highest BCUT2D eigenvalue weighted by atomic mass is 35.5. The molecule has 0 unspecified atom stereocenters. The van der Waals surface area contributed by atoms with E-state index in [0.717, 1.165) is 23.5 Å². The number of hydrogen-bond donors (Lipinski definition) is 1. The summed E-state index contributed by atoms with van der Waals surface area (Å²) >= 11 is 0. The van der Waals surface area contributed by atoms with Crippen LogP contribution >= 0.6 is 24.8 Å². The highest BCUT2D eigenvalue weighted by molar-refractivity contribution is 5.85. The molecule has 0 aliphatic carbocycles. The molecule has 2 N–H and O–H groups in total. The Morgan fingerprint density at radius 2 is 2.10 bits per heavy atom. The van der Waals surface area contributed by atoms with Crippen LogP contribution in [0.15, 0.2) is 24.4 Å². The third-order valence-corrected chi connectivity index (χ3v) is 3.03. The molecule has 2 aromatic rings. The summed E-state index contributed by atoms with van der Waals surface area (Å²) in [5, 5.41) is 8.71. The predicted molar refractivity (Wildman–Crippen MR) is 84.4 cm³/mol. The lowest BCUT2D eigenvalue weighted by molar-refractivity contribution is 0.617. The van der Waals surface area contributed by atoms with Crippen LogP contribution in [0.25, 0.3) is 0 Å². The quantitative estimate of drug-likeness (QED) is 0.936. The second-order valence-electron chi connectivity index (χ2n) is 4.35. The monoisotopic (exact) mass is 330 g/mol. The first kappa shape index (κ1) is 19.4. The Balaban J connectivity index is 0.00000200. The minimum absolute atomic E-state index is 0. The van der Waals surface area contributed by atoms with Crippen molar-refractivity contribution < 1.29 is 4.39 Å². The second-order valence-corrected chi connectivity index (χ2v) is 4.35. The van der Waals surface area contributed by atoms with Crippen molar-refractivity contribution in [1.29, 1.82) is 5.26 Å². The number of nitrogens with zero attached hydrogens (tertiary/aromatic N) is 3. The van der Waals surface area contributed by atoms with Gasteiger partial charge in [-0.1, -0.05) is 6.07 Å². The van der Waals surface area contributed by atoms with Crippen LogP contribution in [0.4, 0.5) is 4.39 Å². The van der Waals surface area contributed by atoms with Gasteiger partial charge in [0, 0.05) is 24.9 Å². The van der Waals surface area contributed by atoms with Gasteiger partial charge in [0.1, 0.15) is 17.7 Å². The second kappa shape index (κ2) is 8.63. The molecule has 0 saturated heterocycles. The van der Waals surface area contributed by atoms with Crippen molar-refractivity contribution in [2.75, 3.05) is 6.54 Å². The molecule has 4 nitrogen and oxygen atoms in total. The summed E-state index contributed by atoms with van der Waals surface area (Å²) in [7, 11) is 0. The van der Waals surface area contributed by atoms with E-state index in [0.29, 0.717) is 13.1 Å². The van der Waals surface area contributed by atoms with Crippen molar-refractivity contribution >= 4 is 24.8 Å². The number of halogens is 3. The Labute approximate surface area is 135 Å². The summed E-state index contributed by atoms with van der Waals surface area (Å²) in [6.45, 7) is 2.98. The molecule has 0 radical (unpaired) electrons. The molecule has 0 fully saturated rings. The summed E-state index contributed by atoms with van der Waals surface area (Å²) in [5.41, 5.74) is 7.45. The van der Waals surface area contributed by atoms with Gasteiger partial charge in [-0.25, -0.2) is 9.37 Å². The van der Waals surface area contributed by atoms with E-state index in [1.807, 2.05) is 17.6 Å². The first-order chi connectivity index (χ1) is 9.15. The maximum absolute atomic E-state index is 13.6. The Kier molecular flexibility index (Phi) is 7.97. The van der Waals surface area contributed by atoms with Crippen molar-refractivity contribution in [2.24, 2.45) is 5.73 Å². The summed E-state index contributed by atoms with van der Waals surface area (Å²) < 4.78 is 15.6. The number of benzene rings is 1. The number of hydrogen-bond acceptors (Lipinski definition) is 3. The van der Waals surface area contributed by atoms with E-state index in [9.17, 15) is 4.39 Å². The molecule has 1 aromatic heterocycles. The largest absolute Gasteiger partial charge is 0.330 e. The topological polar surface area (TPSA) is 67.6 Å². The highest BCUT2D eigenvalue weighted by Gasteiger charge is 2.08. The van der Waals surface area contributed by atoms with Crippen molar-refractivity contribution in [1.82, 2.24) is 9.55 Å². The van der Waals surface area contributed by atoms with Crippen LogP contribution < -0.4 is 5.73 Å². The maximum Gasteiger partial charge on any atom is 0.141 e. The molecular formula is C14H17Cl2FN4. The summed E-state index contributed by atoms with van der Waals surface area (Å²) in [4.78, 5) is 4.25. The van der Waals surface area contributed by atoms with Crippen molar-refractivity contribution in [3.8, 4) is 6.07 Å². The summed E-state index contributed by atoms with van der Waals surface area (Å²) in [5.74, 6) is 0.381. The zero-order chi connectivity index (χ0) is 13.8. The first-order valence-electron chi connectivity index (χ1n) is 6.05. The molecule has 0 amide bonds. The minimum Gasteiger partial charge on any atom is -0.330 e. The van der Waals surface area contributed by atoms with Crippen LogP contribution in [-0.4, -0.2) is 16.1 Å². The first-order valence-corrected chi connectivity index (χ1v) is 6.05. The smallest absolute Gasteiger partial charge is 0.141 e. The Bertz CT molecular complexity index is 634. The molecule has 21 heavy (non-hydrogen) atoms. The van der Waals surface area contributed by atoms with Crippen LogP contribution in [-0.2, 0) is 13.0 Å². The van der Waals surface area contributed by atoms with E-state index >= 15 is 0 Å². The SMILES string of the molecule is Cc1ncc(CCN)n1Cc1ccc(C#N)c(F)c1.Cl.Cl. The molecule has 1 heterocycles. The maximum atomic E-state index is 13.6. The van der Waals surface area contributed by atoms with E-state index in [2.05, 4.69) is 4.98 Å². The molecule has 0 saturated carbocycles. The van der Waals surface area contributed by atoms with E-state index in [1.165, 1.54) is 12.1 Å². The van der Waals surface area contributed by atoms with Gasteiger partial charge in [-0.15, -0.1) is 24.8 Å². The Hall–Kier alpha value is -1.61. The highest BCUT2D eigenvalue weighted by Crippen LogP contribution is 2.13. The van der Waals surface area contributed by atoms with Crippen LogP contribution in [0.3, 0.4) is 0 Å². The molecular weight excluding hydrogens is 314 g/mol. The van der Waals surface area contributed by atoms with Crippen LogP contribution in [0.5, 0.6) is 0 Å². The summed E-state index contributed by atoms with van der Waals surface area (Å²) in [6, 6.07) is 6.46. The lowest BCUT2D eigenvalue weighted by Crippen LogP contribution is -2.11. The number of rotatable bonds is 4. The fourth-order valence-corrected chi connectivity index (χ4v) is 2.01. The molecule has 7 heteroatoms. The van der Waals surface area contributed by atoms with Gasteiger partial charge in [-0.2, -0.15) is 5.26 Å². The average molecular weight is 331 g/mol. The number of imidazole rings is 1. The van der Waals surface area contributed by atoms with E-state index in [4.69, 9.17) is 11.0 Å². The fraction of sp³-hybridized carbons (Fsp3) is 0.286. The number of nitriles is 1. The third-order valence-electron chi connectivity index (χ3n) is 3.03. The van der Waals surface area contributed by atoms with Crippen molar-refractivity contribution in [3.05, 3.63) is 52.9 Å². The third kappa shape index (κ3) is 4.43. The standard InChI is InChI=1S/C14H15FN4.2ClH/c1-10-18-8-13(4-5-16)19(10)9-11-2-3-12(7-17)14(15)6-11;;/h2-3,6,8H,4-5,9,16H2,1H3;2*1H. The van der Waals surface area contributed by atoms with Gasteiger partial charge in [0.15, 0.2) is 0 Å². The van der Waals surface area contributed by atoms with Gasteiger partial charge >= 0.3 is 0 Å². The van der Waals surface area contributed by atoms with Crippen LogP contribution in [0, 0.1) is 24.1 Å². The van der Waals surface area contributed by atoms with Gasteiger partial charge in [0.05, 0.1) is 5.56 Å². The van der Waals surface area contributed by atoms with Gasteiger partial charge < -0.3 is 10.3 Å². The fourth-order valence-electron chi connectivity index (χ4n) is 2.01. The molecule has 1 aromatic carbocycles. The molecule has 0 atom stereocenters. The average Bonchev–Trinajstić information content (AvgIpc) is 2.72. The predicted octanol–water partition coefficient (Wildman–Crippen LogP) is 2.60. The molecule has 0 spiro atoms. The zero-order valence-electron chi connectivity index (χ0n) is 11.5. The van der Waals surface area contributed by atoms with E-state index in [1.54, 1.807) is 12.3 Å². The van der Waals surface area contributed by atoms with Crippen molar-refractivity contribution in [3.63, 3.8) is 0 Å². The normalized spacial score (nSPS) is 9.43. The van der Waals surface area contributed by atoms with Gasteiger partial charge in [-0.05, 0) is 31.2 Å². The number of nitrogens with two attached hydrogens (primary N) is 1. The lowest BCUT2D eigenvalue weighted by Gasteiger charge is -2.10. The minimum atomic E-state index is -0.488. The Morgan fingerprint density at radius 3 is 2.67 bits per heavy atom. The van der Waals surface area contributed by atoms with Crippen LogP contribution in [0.1, 0.15) is 22.6 Å². The Morgan fingerprint density at radius 1 is 1.38 bits per heavy atom. The van der Waals surface area contributed by atoms with Crippen LogP contribution in [0.2, 0.25) is 0 Å². The summed E-state index contributed by atoms with van der Waals surface area (Å²) in [6.07, 6.45) is 2.53. The number of aryl methyl sites for hydroxylation is 1. The molecule has 0 aliphatic rings. The van der Waals surface area contributed by atoms with Gasteiger partial charge in [0.25, 0.3) is 0 Å². The van der Waals surface area contributed by atoms with Crippen molar-refractivity contribution in [2.45, 2.75) is 19.9 Å². The van der Waals surface area contributed by atoms with E-state index in [-0.39, 0.29) is 30.4 Å². The zero-order valence-corrected chi connectivity index (χ0v) is 13.2. The molecule has 2 rings (SSSR count). The van der Waals surface area contributed by atoms with E-state index < -0.39 is 5.82 Å². The molecule has 0 aliphatic heterocycles. The molecule has 114 valence electrons. The van der Waals surface area contributed by atoms with Gasteiger partial charge in [0.2, 0.25) is 0 Å². The van der Waals surface area contributed by atoms with Gasteiger partial charge in [-0.3, -0.25) is 0 Å². The number of aromatic nitrogens is 2.